The molecule has 1 aromatic carbocycles. The topological polar surface area (TPSA) is 34.1 Å². The summed E-state index contributed by atoms with van der Waals surface area (Å²) in [4.78, 5) is 4.15. The van der Waals surface area contributed by atoms with Gasteiger partial charge in [-0.1, -0.05) is 32.0 Å². The van der Waals surface area contributed by atoms with E-state index in [1.54, 1.807) is 13.3 Å². The summed E-state index contributed by atoms with van der Waals surface area (Å²) in [6.45, 7) is 5.28. The fourth-order valence-electron chi connectivity index (χ4n) is 2.28. The smallest absolute Gasteiger partial charge is 0.118 e. The van der Waals surface area contributed by atoms with Crippen LogP contribution >= 0.6 is 0 Å². The first-order valence-corrected chi connectivity index (χ1v) is 6.97. The van der Waals surface area contributed by atoms with Crippen LogP contribution in [0.15, 0.2) is 48.8 Å². The van der Waals surface area contributed by atoms with Gasteiger partial charge in [0, 0.05) is 25.0 Å². The quantitative estimate of drug-likeness (QED) is 0.871. The summed E-state index contributed by atoms with van der Waals surface area (Å²) in [7, 11) is 1.69. The molecule has 0 saturated heterocycles. The zero-order valence-corrected chi connectivity index (χ0v) is 12.3. The van der Waals surface area contributed by atoms with E-state index >= 15 is 0 Å². The third-order valence-electron chi connectivity index (χ3n) is 3.39. The summed E-state index contributed by atoms with van der Waals surface area (Å²) in [5.74, 6) is 1.41. The molecule has 0 fully saturated rings. The van der Waals surface area contributed by atoms with Gasteiger partial charge < -0.3 is 10.1 Å². The van der Waals surface area contributed by atoms with Gasteiger partial charge in [-0.25, -0.2) is 0 Å². The Balaban J connectivity index is 2.06. The second kappa shape index (κ2) is 7.06. The van der Waals surface area contributed by atoms with Gasteiger partial charge in [0.15, 0.2) is 0 Å². The van der Waals surface area contributed by atoms with Crippen LogP contribution in [0, 0.1) is 5.92 Å². The van der Waals surface area contributed by atoms with Crippen LogP contribution in [0.3, 0.4) is 0 Å². The fraction of sp³-hybridized carbons (Fsp3) is 0.353. The van der Waals surface area contributed by atoms with Gasteiger partial charge in [-0.3, -0.25) is 4.98 Å². The molecule has 0 amide bonds. The Morgan fingerprint density at radius 3 is 2.45 bits per heavy atom. The van der Waals surface area contributed by atoms with E-state index in [4.69, 9.17) is 4.74 Å². The van der Waals surface area contributed by atoms with Gasteiger partial charge in [-0.2, -0.15) is 0 Å². The average Bonchev–Trinajstić information content (AvgIpc) is 2.49. The zero-order valence-electron chi connectivity index (χ0n) is 12.3. The second-order valence-electron chi connectivity index (χ2n) is 5.24. The van der Waals surface area contributed by atoms with E-state index in [0.29, 0.717) is 12.0 Å². The van der Waals surface area contributed by atoms with Crippen molar-refractivity contribution in [1.29, 1.82) is 0 Å². The minimum absolute atomic E-state index is 0.320. The molecule has 20 heavy (non-hydrogen) atoms. The maximum atomic E-state index is 5.21. The second-order valence-corrected chi connectivity index (χ2v) is 5.24. The van der Waals surface area contributed by atoms with Crippen molar-refractivity contribution in [3.63, 3.8) is 0 Å². The number of methoxy groups -OCH3 is 1. The fourth-order valence-corrected chi connectivity index (χ4v) is 2.28. The normalized spacial score (nSPS) is 12.4. The zero-order chi connectivity index (χ0) is 14.4. The Bertz CT molecular complexity index is 508. The van der Waals surface area contributed by atoms with E-state index in [1.807, 2.05) is 24.4 Å². The van der Waals surface area contributed by atoms with E-state index in [9.17, 15) is 0 Å². The van der Waals surface area contributed by atoms with Gasteiger partial charge in [0.1, 0.15) is 5.75 Å². The number of nitrogens with zero attached hydrogens (tertiary/aromatic N) is 1. The molecule has 2 rings (SSSR count). The van der Waals surface area contributed by atoms with Gasteiger partial charge in [0.25, 0.3) is 0 Å². The van der Waals surface area contributed by atoms with Crippen molar-refractivity contribution < 1.29 is 4.74 Å². The lowest BCUT2D eigenvalue weighted by atomic mass is 9.95. The first-order valence-electron chi connectivity index (χ1n) is 6.97. The first-order chi connectivity index (χ1) is 9.70. The van der Waals surface area contributed by atoms with Gasteiger partial charge in [-0.15, -0.1) is 0 Å². The Kier molecular flexibility index (Phi) is 5.13. The molecule has 106 valence electrons. The molecule has 0 spiro atoms. The standard InChI is InChI=1S/C17H22N2O/c1-13(2)17(15-6-8-16(20-3)9-7-15)19-12-14-5-4-10-18-11-14/h4-11,13,17,19H,12H2,1-3H3/t17-/m1/s1. The van der Waals surface area contributed by atoms with Crippen LogP contribution in [-0.4, -0.2) is 12.1 Å². The Hall–Kier alpha value is -1.87. The highest BCUT2D eigenvalue weighted by atomic mass is 16.5. The highest BCUT2D eigenvalue weighted by molar-refractivity contribution is 5.29. The van der Waals surface area contributed by atoms with Crippen LogP contribution in [0.25, 0.3) is 0 Å². The molecule has 1 aromatic heterocycles. The van der Waals surface area contributed by atoms with E-state index in [0.717, 1.165) is 12.3 Å². The van der Waals surface area contributed by atoms with Crippen LogP contribution in [0.1, 0.15) is 31.0 Å². The lowest BCUT2D eigenvalue weighted by molar-refractivity contribution is 0.404. The average molecular weight is 270 g/mol. The third-order valence-corrected chi connectivity index (χ3v) is 3.39. The Labute approximate surface area is 121 Å². The number of benzene rings is 1. The Morgan fingerprint density at radius 1 is 1.15 bits per heavy atom. The number of ether oxygens (including phenoxy) is 1. The largest absolute Gasteiger partial charge is 0.497 e. The van der Waals surface area contributed by atoms with Gasteiger partial charge >= 0.3 is 0 Å². The van der Waals surface area contributed by atoms with Crippen LogP contribution in [-0.2, 0) is 6.54 Å². The molecule has 0 aliphatic carbocycles. The number of rotatable bonds is 6. The Morgan fingerprint density at radius 2 is 1.90 bits per heavy atom. The van der Waals surface area contributed by atoms with E-state index in [2.05, 4.69) is 42.3 Å². The molecular formula is C17H22N2O. The van der Waals surface area contributed by atoms with Gasteiger partial charge in [-0.05, 0) is 35.2 Å². The van der Waals surface area contributed by atoms with Crippen LogP contribution < -0.4 is 10.1 Å². The maximum absolute atomic E-state index is 5.21. The van der Waals surface area contributed by atoms with Gasteiger partial charge in [0.2, 0.25) is 0 Å². The first kappa shape index (κ1) is 14.5. The molecule has 0 radical (unpaired) electrons. The number of pyridine rings is 1. The summed E-state index contributed by atoms with van der Waals surface area (Å²) >= 11 is 0. The summed E-state index contributed by atoms with van der Waals surface area (Å²) in [6.07, 6.45) is 3.70. The molecule has 3 nitrogen and oxygen atoms in total. The molecule has 0 aliphatic heterocycles. The van der Waals surface area contributed by atoms with Crippen molar-refractivity contribution in [2.75, 3.05) is 7.11 Å². The van der Waals surface area contributed by atoms with Gasteiger partial charge in [0.05, 0.1) is 7.11 Å². The minimum Gasteiger partial charge on any atom is -0.497 e. The molecule has 0 saturated carbocycles. The monoisotopic (exact) mass is 270 g/mol. The molecule has 1 N–H and O–H groups in total. The summed E-state index contributed by atoms with van der Waals surface area (Å²) in [6, 6.07) is 12.6. The number of aromatic nitrogens is 1. The molecular weight excluding hydrogens is 248 g/mol. The molecule has 1 atom stereocenters. The van der Waals surface area contributed by atoms with Crippen molar-refractivity contribution in [3.05, 3.63) is 59.9 Å². The van der Waals surface area contributed by atoms with Crippen molar-refractivity contribution in [3.8, 4) is 5.75 Å². The lowest BCUT2D eigenvalue weighted by Crippen LogP contribution is -2.25. The molecule has 0 unspecified atom stereocenters. The molecule has 2 aromatic rings. The van der Waals surface area contributed by atoms with Crippen molar-refractivity contribution in [2.45, 2.75) is 26.4 Å². The van der Waals surface area contributed by atoms with E-state index in [-0.39, 0.29) is 0 Å². The lowest BCUT2D eigenvalue weighted by Gasteiger charge is -2.23. The van der Waals surface area contributed by atoms with Crippen molar-refractivity contribution in [1.82, 2.24) is 10.3 Å². The van der Waals surface area contributed by atoms with Crippen molar-refractivity contribution >= 4 is 0 Å². The maximum Gasteiger partial charge on any atom is 0.118 e. The predicted molar refractivity (Wildman–Crippen MR) is 81.6 cm³/mol. The highest BCUT2D eigenvalue weighted by Crippen LogP contribution is 2.24. The van der Waals surface area contributed by atoms with Crippen LogP contribution in [0.4, 0.5) is 0 Å². The molecule has 0 bridgehead atoms. The number of hydrogen-bond donors (Lipinski definition) is 1. The van der Waals surface area contributed by atoms with Crippen molar-refractivity contribution in [2.24, 2.45) is 5.92 Å². The van der Waals surface area contributed by atoms with E-state index in [1.165, 1.54) is 11.1 Å². The summed E-state index contributed by atoms with van der Waals surface area (Å²) < 4.78 is 5.21. The highest BCUT2D eigenvalue weighted by Gasteiger charge is 2.15. The summed E-state index contributed by atoms with van der Waals surface area (Å²) in [5, 5.41) is 3.61. The van der Waals surface area contributed by atoms with Crippen LogP contribution in [0.5, 0.6) is 5.75 Å². The molecule has 0 aliphatic rings. The third kappa shape index (κ3) is 3.81. The number of nitrogens with one attached hydrogen (secondary N) is 1. The SMILES string of the molecule is COc1ccc([C@H](NCc2cccnc2)C(C)C)cc1. The molecule has 1 heterocycles. The summed E-state index contributed by atoms with van der Waals surface area (Å²) in [5.41, 5.74) is 2.48. The number of hydrogen-bond acceptors (Lipinski definition) is 3. The predicted octanol–water partition coefficient (Wildman–Crippen LogP) is 3.58. The minimum atomic E-state index is 0.320. The molecule has 3 heteroatoms. The van der Waals surface area contributed by atoms with E-state index < -0.39 is 0 Å². The van der Waals surface area contributed by atoms with Crippen LogP contribution in [0.2, 0.25) is 0 Å².